The highest BCUT2D eigenvalue weighted by molar-refractivity contribution is 5.77. The van der Waals surface area contributed by atoms with Gasteiger partial charge in [0.1, 0.15) is 0 Å². The monoisotopic (exact) mass is 232 g/mol. The number of ether oxygens (including phenoxy) is 1. The minimum absolute atomic E-state index is 0.0319. The first kappa shape index (κ1) is 12.2. The SMILES string of the molecule is COC(=O)C1(Cc2ccc(C)cc2)CCCC1. The molecule has 0 unspecified atom stereocenters. The second-order valence-electron chi connectivity index (χ2n) is 5.14. The van der Waals surface area contributed by atoms with Crippen LogP contribution in [0.5, 0.6) is 0 Å². The van der Waals surface area contributed by atoms with E-state index >= 15 is 0 Å². The van der Waals surface area contributed by atoms with E-state index in [4.69, 9.17) is 4.74 Å². The summed E-state index contributed by atoms with van der Waals surface area (Å²) in [6.07, 6.45) is 5.03. The van der Waals surface area contributed by atoms with Crippen molar-refractivity contribution >= 4 is 5.97 Å². The van der Waals surface area contributed by atoms with Crippen molar-refractivity contribution in [2.45, 2.75) is 39.0 Å². The van der Waals surface area contributed by atoms with Crippen molar-refractivity contribution in [3.63, 3.8) is 0 Å². The van der Waals surface area contributed by atoms with Crippen LogP contribution in [0.2, 0.25) is 0 Å². The van der Waals surface area contributed by atoms with Gasteiger partial charge in [-0.25, -0.2) is 0 Å². The molecule has 0 amide bonds. The fourth-order valence-electron chi connectivity index (χ4n) is 2.82. The number of hydrogen-bond donors (Lipinski definition) is 0. The summed E-state index contributed by atoms with van der Waals surface area (Å²) >= 11 is 0. The molecule has 1 aromatic rings. The summed E-state index contributed by atoms with van der Waals surface area (Å²) in [5, 5.41) is 0. The molecule has 1 saturated carbocycles. The van der Waals surface area contributed by atoms with Crippen molar-refractivity contribution in [2.24, 2.45) is 5.41 Å². The predicted octanol–water partition coefficient (Wildman–Crippen LogP) is 3.27. The molecule has 2 nitrogen and oxygen atoms in total. The topological polar surface area (TPSA) is 26.3 Å². The molecular weight excluding hydrogens is 212 g/mol. The van der Waals surface area contributed by atoms with Crippen LogP contribution in [0.25, 0.3) is 0 Å². The van der Waals surface area contributed by atoms with Crippen LogP contribution in [0.15, 0.2) is 24.3 Å². The minimum atomic E-state index is -0.260. The molecule has 2 rings (SSSR count). The zero-order valence-corrected chi connectivity index (χ0v) is 10.7. The van der Waals surface area contributed by atoms with Crippen molar-refractivity contribution in [3.8, 4) is 0 Å². The highest BCUT2D eigenvalue weighted by Crippen LogP contribution is 2.42. The quantitative estimate of drug-likeness (QED) is 0.748. The van der Waals surface area contributed by atoms with Crippen molar-refractivity contribution in [3.05, 3.63) is 35.4 Å². The number of hydrogen-bond acceptors (Lipinski definition) is 2. The smallest absolute Gasteiger partial charge is 0.312 e. The number of esters is 1. The van der Waals surface area contributed by atoms with Crippen molar-refractivity contribution in [2.75, 3.05) is 7.11 Å². The molecule has 0 saturated heterocycles. The maximum Gasteiger partial charge on any atom is 0.312 e. The Balaban J connectivity index is 2.18. The second-order valence-corrected chi connectivity index (χ2v) is 5.14. The molecule has 1 aromatic carbocycles. The van der Waals surface area contributed by atoms with Gasteiger partial charge in [-0.15, -0.1) is 0 Å². The second kappa shape index (κ2) is 4.91. The summed E-state index contributed by atoms with van der Waals surface area (Å²) in [6, 6.07) is 8.46. The summed E-state index contributed by atoms with van der Waals surface area (Å²) in [4.78, 5) is 12.0. The van der Waals surface area contributed by atoms with E-state index < -0.39 is 0 Å². The predicted molar refractivity (Wildman–Crippen MR) is 67.8 cm³/mol. The molecule has 17 heavy (non-hydrogen) atoms. The highest BCUT2D eigenvalue weighted by atomic mass is 16.5. The Bertz CT molecular complexity index is 386. The zero-order valence-electron chi connectivity index (χ0n) is 10.7. The molecule has 0 N–H and O–H groups in total. The molecule has 0 aromatic heterocycles. The van der Waals surface area contributed by atoms with Crippen molar-refractivity contribution < 1.29 is 9.53 Å². The molecule has 1 fully saturated rings. The van der Waals surface area contributed by atoms with Gasteiger partial charge in [-0.1, -0.05) is 42.7 Å². The van der Waals surface area contributed by atoms with E-state index in [-0.39, 0.29) is 11.4 Å². The minimum Gasteiger partial charge on any atom is -0.469 e. The molecule has 1 aliphatic carbocycles. The van der Waals surface area contributed by atoms with Crippen molar-refractivity contribution in [1.29, 1.82) is 0 Å². The largest absolute Gasteiger partial charge is 0.469 e. The number of benzene rings is 1. The molecule has 0 bridgehead atoms. The summed E-state index contributed by atoms with van der Waals surface area (Å²) in [7, 11) is 1.50. The van der Waals surface area contributed by atoms with Crippen LogP contribution in [-0.2, 0) is 16.0 Å². The molecule has 0 aliphatic heterocycles. The number of rotatable bonds is 3. The van der Waals surface area contributed by atoms with Gasteiger partial charge in [0.05, 0.1) is 12.5 Å². The maximum absolute atomic E-state index is 12.0. The standard InChI is InChI=1S/C15H20O2/c1-12-5-7-13(8-6-12)11-15(14(16)17-2)9-3-4-10-15/h5-8H,3-4,9-11H2,1-2H3. The Kier molecular flexibility index (Phi) is 3.51. The molecule has 92 valence electrons. The number of carbonyl (C=O) groups excluding carboxylic acids is 1. The van der Waals surface area contributed by atoms with Crippen LogP contribution in [0.3, 0.4) is 0 Å². The third kappa shape index (κ3) is 2.51. The molecule has 0 atom stereocenters. The molecule has 1 aliphatic rings. The lowest BCUT2D eigenvalue weighted by Gasteiger charge is -2.25. The number of carbonyl (C=O) groups is 1. The van der Waals surface area contributed by atoms with Crippen LogP contribution in [0.1, 0.15) is 36.8 Å². The van der Waals surface area contributed by atoms with Crippen LogP contribution >= 0.6 is 0 Å². The Hall–Kier alpha value is -1.31. The van der Waals surface area contributed by atoms with Gasteiger partial charge < -0.3 is 4.74 Å². The average molecular weight is 232 g/mol. The number of aryl methyl sites for hydroxylation is 1. The van der Waals surface area contributed by atoms with E-state index in [1.807, 2.05) is 0 Å². The first-order valence-electron chi connectivity index (χ1n) is 6.30. The lowest BCUT2D eigenvalue weighted by molar-refractivity contribution is -0.152. The van der Waals surface area contributed by atoms with Gasteiger partial charge in [0, 0.05) is 0 Å². The molecular formula is C15H20O2. The first-order valence-corrected chi connectivity index (χ1v) is 6.30. The molecule has 0 radical (unpaired) electrons. The van der Waals surface area contributed by atoms with Gasteiger partial charge in [0.2, 0.25) is 0 Å². The van der Waals surface area contributed by atoms with Crippen LogP contribution < -0.4 is 0 Å². The van der Waals surface area contributed by atoms with E-state index in [2.05, 4.69) is 31.2 Å². The van der Waals surface area contributed by atoms with Crippen LogP contribution in [0, 0.1) is 12.3 Å². The van der Waals surface area contributed by atoms with Gasteiger partial charge in [0.15, 0.2) is 0 Å². The Morgan fingerprint density at radius 2 is 1.82 bits per heavy atom. The van der Waals surface area contributed by atoms with Crippen molar-refractivity contribution in [1.82, 2.24) is 0 Å². The van der Waals surface area contributed by atoms with Gasteiger partial charge in [-0.2, -0.15) is 0 Å². The van der Waals surface area contributed by atoms with Gasteiger partial charge >= 0.3 is 5.97 Å². The Morgan fingerprint density at radius 1 is 1.24 bits per heavy atom. The fraction of sp³-hybridized carbons (Fsp3) is 0.533. The van der Waals surface area contributed by atoms with Crippen LogP contribution in [-0.4, -0.2) is 13.1 Å². The highest BCUT2D eigenvalue weighted by Gasteiger charge is 2.42. The number of methoxy groups -OCH3 is 1. The van der Waals surface area contributed by atoms with E-state index in [1.54, 1.807) is 0 Å². The van der Waals surface area contributed by atoms with E-state index in [0.29, 0.717) is 0 Å². The summed E-state index contributed by atoms with van der Waals surface area (Å²) in [6.45, 7) is 2.08. The van der Waals surface area contributed by atoms with Gasteiger partial charge in [-0.05, 0) is 31.7 Å². The van der Waals surface area contributed by atoms with E-state index in [0.717, 1.165) is 32.1 Å². The summed E-state index contributed by atoms with van der Waals surface area (Å²) < 4.78 is 4.99. The molecule has 2 heteroatoms. The fourth-order valence-corrected chi connectivity index (χ4v) is 2.82. The maximum atomic E-state index is 12.0. The molecule has 0 spiro atoms. The Labute approximate surface area is 103 Å². The third-order valence-electron chi connectivity index (χ3n) is 3.84. The average Bonchev–Trinajstić information content (AvgIpc) is 2.81. The van der Waals surface area contributed by atoms with Gasteiger partial charge in [0.25, 0.3) is 0 Å². The summed E-state index contributed by atoms with van der Waals surface area (Å²) in [5.74, 6) is -0.0319. The van der Waals surface area contributed by atoms with E-state index in [9.17, 15) is 4.79 Å². The van der Waals surface area contributed by atoms with Crippen LogP contribution in [0.4, 0.5) is 0 Å². The molecule has 0 heterocycles. The summed E-state index contributed by atoms with van der Waals surface area (Å²) in [5.41, 5.74) is 2.24. The third-order valence-corrected chi connectivity index (χ3v) is 3.84. The zero-order chi connectivity index (χ0) is 12.3. The first-order chi connectivity index (χ1) is 8.16. The lowest BCUT2D eigenvalue weighted by Crippen LogP contribution is -2.31. The van der Waals surface area contributed by atoms with E-state index in [1.165, 1.54) is 18.2 Å². The van der Waals surface area contributed by atoms with Gasteiger partial charge in [-0.3, -0.25) is 4.79 Å². The lowest BCUT2D eigenvalue weighted by atomic mass is 9.80. The Morgan fingerprint density at radius 3 is 2.35 bits per heavy atom. The normalized spacial score (nSPS) is 18.0.